The summed E-state index contributed by atoms with van der Waals surface area (Å²) >= 11 is 0. The van der Waals surface area contributed by atoms with Crippen molar-refractivity contribution >= 4 is 11.9 Å². The van der Waals surface area contributed by atoms with Gasteiger partial charge in [0.05, 0.1) is 17.7 Å². The van der Waals surface area contributed by atoms with Crippen molar-refractivity contribution in [2.24, 2.45) is 0 Å². The van der Waals surface area contributed by atoms with Crippen LogP contribution in [0.25, 0.3) is 0 Å². The molecule has 0 aliphatic rings. The van der Waals surface area contributed by atoms with Crippen molar-refractivity contribution in [1.82, 2.24) is 4.90 Å². The van der Waals surface area contributed by atoms with Gasteiger partial charge in [-0.05, 0) is 44.8 Å². The maximum absolute atomic E-state index is 11.6. The minimum absolute atomic E-state index is 0.152. The highest BCUT2D eigenvalue weighted by atomic mass is 16.5. The molecule has 0 unspecified atom stereocenters. The normalized spacial score (nSPS) is 10.4. The molecule has 98 valence electrons. The fourth-order valence-electron chi connectivity index (χ4n) is 1.38. The summed E-state index contributed by atoms with van der Waals surface area (Å²) in [4.78, 5) is 24.2. The number of hydrogen-bond donors (Lipinski definition) is 1. The number of carboxylic acid groups (broad SMARTS) is 1. The number of aromatic carboxylic acids is 1. The Morgan fingerprint density at radius 2 is 1.72 bits per heavy atom. The standard InChI is InChI=1S/C13H17NO4/c1-14(2)8-3-9-18-13(17)11-6-4-10(5-7-11)12(15)16/h4-7H,3,8-9H2,1-2H3,(H,15,16). The topological polar surface area (TPSA) is 66.8 Å². The Hall–Kier alpha value is -1.88. The van der Waals surface area contributed by atoms with E-state index in [4.69, 9.17) is 9.84 Å². The predicted molar refractivity (Wildman–Crippen MR) is 66.9 cm³/mol. The SMILES string of the molecule is CN(C)CCCOC(=O)c1ccc(C(=O)O)cc1. The molecule has 0 aliphatic carbocycles. The van der Waals surface area contributed by atoms with E-state index >= 15 is 0 Å². The summed E-state index contributed by atoms with van der Waals surface area (Å²) in [6.45, 7) is 1.21. The largest absolute Gasteiger partial charge is 0.478 e. The molecule has 0 aliphatic heterocycles. The third-order valence-corrected chi connectivity index (χ3v) is 2.35. The van der Waals surface area contributed by atoms with Gasteiger partial charge in [-0.15, -0.1) is 0 Å². The van der Waals surface area contributed by atoms with Crippen LogP contribution in [0.3, 0.4) is 0 Å². The van der Waals surface area contributed by atoms with E-state index in [1.165, 1.54) is 24.3 Å². The zero-order valence-electron chi connectivity index (χ0n) is 10.5. The molecule has 0 aromatic heterocycles. The van der Waals surface area contributed by atoms with E-state index in [9.17, 15) is 9.59 Å². The number of carboxylic acids is 1. The first-order valence-corrected chi connectivity index (χ1v) is 5.66. The molecular weight excluding hydrogens is 234 g/mol. The summed E-state index contributed by atoms with van der Waals surface area (Å²) in [5.41, 5.74) is 0.518. The van der Waals surface area contributed by atoms with E-state index < -0.39 is 11.9 Å². The van der Waals surface area contributed by atoms with E-state index in [1.54, 1.807) is 0 Å². The molecule has 1 rings (SSSR count). The molecule has 1 N–H and O–H groups in total. The lowest BCUT2D eigenvalue weighted by atomic mass is 10.1. The zero-order chi connectivity index (χ0) is 13.5. The van der Waals surface area contributed by atoms with Gasteiger partial charge in [0.15, 0.2) is 0 Å². The van der Waals surface area contributed by atoms with Crippen LogP contribution in [0.4, 0.5) is 0 Å². The number of carbonyl (C=O) groups excluding carboxylic acids is 1. The molecule has 5 heteroatoms. The van der Waals surface area contributed by atoms with Gasteiger partial charge in [-0.25, -0.2) is 9.59 Å². The highest BCUT2D eigenvalue weighted by Gasteiger charge is 2.08. The molecule has 1 aromatic rings. The van der Waals surface area contributed by atoms with E-state index in [-0.39, 0.29) is 5.56 Å². The Morgan fingerprint density at radius 1 is 1.17 bits per heavy atom. The average Bonchev–Trinajstić information content (AvgIpc) is 2.34. The van der Waals surface area contributed by atoms with Crippen LogP contribution < -0.4 is 0 Å². The molecule has 0 saturated carbocycles. The highest BCUT2D eigenvalue weighted by molar-refractivity contribution is 5.92. The molecule has 18 heavy (non-hydrogen) atoms. The summed E-state index contributed by atoms with van der Waals surface area (Å²) < 4.78 is 5.07. The lowest BCUT2D eigenvalue weighted by Crippen LogP contribution is -2.16. The maximum atomic E-state index is 11.6. The van der Waals surface area contributed by atoms with Gasteiger partial charge in [0.25, 0.3) is 0 Å². The maximum Gasteiger partial charge on any atom is 0.338 e. The van der Waals surface area contributed by atoms with E-state index in [1.807, 2.05) is 19.0 Å². The Kier molecular flexibility index (Phi) is 5.32. The number of hydrogen-bond acceptors (Lipinski definition) is 4. The van der Waals surface area contributed by atoms with Crippen LogP contribution in [0.5, 0.6) is 0 Å². The van der Waals surface area contributed by atoms with Crippen molar-refractivity contribution in [1.29, 1.82) is 0 Å². The molecule has 0 radical (unpaired) electrons. The minimum atomic E-state index is -1.01. The molecule has 1 aromatic carbocycles. The summed E-state index contributed by atoms with van der Waals surface area (Å²) in [5, 5.41) is 8.72. The van der Waals surface area contributed by atoms with E-state index in [0.29, 0.717) is 12.2 Å². The second-order valence-electron chi connectivity index (χ2n) is 4.18. The molecule has 0 atom stereocenters. The van der Waals surface area contributed by atoms with Crippen LogP contribution >= 0.6 is 0 Å². The van der Waals surface area contributed by atoms with Crippen LogP contribution in [0.2, 0.25) is 0 Å². The molecule has 0 fully saturated rings. The second-order valence-corrected chi connectivity index (χ2v) is 4.18. The van der Waals surface area contributed by atoms with Gasteiger partial charge in [-0.1, -0.05) is 0 Å². The van der Waals surface area contributed by atoms with Crippen LogP contribution in [0.1, 0.15) is 27.1 Å². The number of nitrogens with zero attached hydrogens (tertiary/aromatic N) is 1. The van der Waals surface area contributed by atoms with Gasteiger partial charge in [0, 0.05) is 6.54 Å². The van der Waals surface area contributed by atoms with Crippen LogP contribution in [0, 0.1) is 0 Å². The van der Waals surface area contributed by atoms with Crippen LogP contribution in [0.15, 0.2) is 24.3 Å². The molecule has 0 heterocycles. The van der Waals surface area contributed by atoms with Gasteiger partial charge < -0.3 is 14.7 Å². The van der Waals surface area contributed by atoms with Crippen molar-refractivity contribution in [3.8, 4) is 0 Å². The fraction of sp³-hybridized carbons (Fsp3) is 0.385. The summed E-state index contributed by atoms with van der Waals surface area (Å²) in [5.74, 6) is -1.44. The van der Waals surface area contributed by atoms with Gasteiger partial charge in [-0.3, -0.25) is 0 Å². The van der Waals surface area contributed by atoms with E-state index in [0.717, 1.165) is 13.0 Å². The van der Waals surface area contributed by atoms with Gasteiger partial charge in [0.2, 0.25) is 0 Å². The number of carbonyl (C=O) groups is 2. The van der Waals surface area contributed by atoms with Crippen molar-refractivity contribution < 1.29 is 19.4 Å². The Bertz CT molecular complexity index is 412. The minimum Gasteiger partial charge on any atom is -0.478 e. The zero-order valence-corrected chi connectivity index (χ0v) is 10.5. The second kappa shape index (κ2) is 6.76. The van der Waals surface area contributed by atoms with Gasteiger partial charge >= 0.3 is 11.9 Å². The monoisotopic (exact) mass is 251 g/mol. The van der Waals surface area contributed by atoms with Gasteiger partial charge in [0.1, 0.15) is 0 Å². The number of esters is 1. The van der Waals surface area contributed by atoms with Gasteiger partial charge in [-0.2, -0.15) is 0 Å². The first-order chi connectivity index (χ1) is 8.50. The van der Waals surface area contributed by atoms with Crippen LogP contribution in [-0.4, -0.2) is 49.2 Å². The third kappa shape index (κ3) is 4.55. The quantitative estimate of drug-likeness (QED) is 0.613. The van der Waals surface area contributed by atoms with E-state index in [2.05, 4.69) is 0 Å². The average molecular weight is 251 g/mol. The third-order valence-electron chi connectivity index (χ3n) is 2.35. The first kappa shape index (κ1) is 14.2. The molecule has 0 bridgehead atoms. The highest BCUT2D eigenvalue weighted by Crippen LogP contribution is 2.06. The Balaban J connectivity index is 2.44. The smallest absolute Gasteiger partial charge is 0.338 e. The van der Waals surface area contributed by atoms with Crippen molar-refractivity contribution in [2.75, 3.05) is 27.2 Å². The molecule has 0 saturated heterocycles. The molecule has 0 amide bonds. The summed E-state index contributed by atoms with van der Waals surface area (Å²) in [6, 6.07) is 5.69. The van der Waals surface area contributed by atoms with Crippen molar-refractivity contribution in [3.63, 3.8) is 0 Å². The van der Waals surface area contributed by atoms with Crippen LogP contribution in [-0.2, 0) is 4.74 Å². The first-order valence-electron chi connectivity index (χ1n) is 5.66. The summed E-state index contributed by atoms with van der Waals surface area (Å²) in [7, 11) is 3.90. The predicted octanol–water partition coefficient (Wildman–Crippen LogP) is 1.49. The number of rotatable bonds is 6. The number of ether oxygens (including phenoxy) is 1. The Labute approximate surface area is 106 Å². The van der Waals surface area contributed by atoms with Crippen molar-refractivity contribution in [3.05, 3.63) is 35.4 Å². The summed E-state index contributed by atoms with van der Waals surface area (Å²) in [6.07, 6.45) is 0.770. The molecular formula is C13H17NO4. The lowest BCUT2D eigenvalue weighted by molar-refractivity contribution is 0.0492. The molecule has 0 spiro atoms. The Morgan fingerprint density at radius 3 is 2.22 bits per heavy atom. The lowest BCUT2D eigenvalue weighted by Gasteiger charge is -2.09. The van der Waals surface area contributed by atoms with Crippen molar-refractivity contribution in [2.45, 2.75) is 6.42 Å². The molecule has 5 nitrogen and oxygen atoms in total. The number of benzene rings is 1. The fourth-order valence-corrected chi connectivity index (χ4v) is 1.38.